The van der Waals surface area contributed by atoms with Crippen molar-refractivity contribution < 1.29 is 115 Å². The number of fused-ring (bicyclic) bond motifs is 5. The second kappa shape index (κ2) is 58.6. The molecule has 4 rings (SSSR count). The molecule has 8 amide bonds. The van der Waals surface area contributed by atoms with Gasteiger partial charge in [-0.1, -0.05) is 69.2 Å². The average Bonchev–Trinajstić information content (AvgIpc) is 0.888. The number of nitrogens with zero attached hydrogens (tertiary/aromatic N) is 2. The molecule has 2 saturated heterocycles. The number of carbonyl (C=O) groups excluding carboxylic acids is 12. The van der Waals surface area contributed by atoms with Gasteiger partial charge in [-0.3, -0.25) is 67.3 Å². The van der Waals surface area contributed by atoms with Gasteiger partial charge in [0.2, 0.25) is 41.4 Å². The number of nitrogens with one attached hydrogen (secondary N) is 8. The van der Waals surface area contributed by atoms with Gasteiger partial charge >= 0.3 is 5.97 Å². The Bertz CT molecular complexity index is 3260. The van der Waals surface area contributed by atoms with E-state index in [-0.39, 0.29) is 164 Å². The van der Waals surface area contributed by atoms with Crippen LogP contribution in [-0.2, 0) is 111 Å². The highest BCUT2D eigenvalue weighted by Crippen LogP contribution is 2.27. The van der Waals surface area contributed by atoms with Crippen LogP contribution in [0.3, 0.4) is 0 Å². The summed E-state index contributed by atoms with van der Waals surface area (Å²) in [5, 5.41) is 35.0. The molecule has 2 aliphatic rings. The molecule has 7 atom stereocenters. The Hall–Kier alpha value is -8.25. The van der Waals surface area contributed by atoms with Gasteiger partial charge < -0.3 is 102 Å². The number of aliphatic imine (C=N–C) groups is 1. The molecule has 2 fully saturated rings. The number of hydrogen-bond acceptors (Lipinski definition) is 27. The van der Waals surface area contributed by atoms with Crippen molar-refractivity contribution >= 4 is 122 Å². The summed E-state index contributed by atoms with van der Waals surface area (Å²) >= 11 is 0.973. The Labute approximate surface area is 656 Å². The molecule has 0 saturated carbocycles. The van der Waals surface area contributed by atoms with Gasteiger partial charge in [-0.2, -0.15) is 0 Å². The van der Waals surface area contributed by atoms with Gasteiger partial charge in [0.1, 0.15) is 25.1 Å². The molecule has 0 radical (unpaired) electrons. The number of carbonyl (C=O) groups is 13. The number of methoxy groups -OCH3 is 1. The standard InChI is InChI=1S/C72H107FN12O23S3/c1-100-25-26-101-22-8-13-60(87)57-45-109-48-66(93)82-56(12-5-6-18-76-63(90)42-107-43-64(91)77-20-23-102-27-29-104-31-33-106-34-32-105-30-28-103-24-21-78-65(92)44-108-81-40-50-14-16-54(73)17-15-50)71(99)85-59-47-111-110-46-58(62(89)38-52(69(97)83-57)35-49-9-3-2-4-10-49)84-70(98)53(39-67(94)95)36-55(86)41-80-68(96)51(37-61(59)88)11-7-19-79-72(74)75/h2-4,9-10,14-17,40,51-53,56-59H,5-8,11-13,18-39,41-48H2,1H3,(H,76,90)(H,77,91)(H,78,92)(H,80,96)(H,82,93)(H,83,97)(H,84,98)(H,85,99)(H,94,95)(H4,74,75,79)/b81-40-/t51-,52-,53+,56+,57+,58+,59+/m1/s1. The number of ketones is 4. The number of carboxylic acids is 1. The maximum atomic E-state index is 14.8. The minimum atomic E-state index is -1.53. The summed E-state index contributed by atoms with van der Waals surface area (Å²) in [7, 11) is 3.51. The van der Waals surface area contributed by atoms with Gasteiger partial charge in [0.05, 0.1) is 128 Å². The molecule has 2 heterocycles. The number of benzene rings is 2. The second-order valence-corrected chi connectivity index (χ2v) is 28.9. The highest BCUT2D eigenvalue weighted by Gasteiger charge is 2.36. The lowest BCUT2D eigenvalue weighted by Gasteiger charge is -2.26. The van der Waals surface area contributed by atoms with Crippen molar-refractivity contribution in [3.8, 4) is 0 Å². The number of halogens is 1. The topological polar surface area (TPSA) is 498 Å². The van der Waals surface area contributed by atoms with Crippen LogP contribution in [0.5, 0.6) is 0 Å². The maximum absolute atomic E-state index is 14.8. The van der Waals surface area contributed by atoms with Crippen molar-refractivity contribution in [3.05, 3.63) is 71.5 Å². The molecule has 0 spiro atoms. The van der Waals surface area contributed by atoms with Gasteiger partial charge in [-0.05, 0) is 68.2 Å². The predicted molar refractivity (Wildman–Crippen MR) is 409 cm³/mol. The van der Waals surface area contributed by atoms with Crippen molar-refractivity contribution in [1.82, 2.24) is 42.5 Å². The summed E-state index contributed by atoms with van der Waals surface area (Å²) in [6.45, 7) is 2.37. The van der Waals surface area contributed by atoms with Crippen LogP contribution in [0.25, 0.3) is 0 Å². The first kappa shape index (κ1) is 95.1. The smallest absolute Gasteiger partial charge is 0.304 e. The Kier molecular flexibility index (Phi) is 50.2. The molecule has 0 aromatic heterocycles. The van der Waals surface area contributed by atoms with E-state index in [1.165, 1.54) is 37.6 Å². The molecule has 39 heteroatoms. The summed E-state index contributed by atoms with van der Waals surface area (Å²) < 4.78 is 56.3. The number of unbranched alkanes of at least 4 members (excludes halogenated alkanes) is 1. The first-order valence-corrected chi connectivity index (χ1v) is 40.2. The fourth-order valence-corrected chi connectivity index (χ4v) is 13.8. The average molecular weight is 1620 g/mol. The molecule has 2 bridgehead atoms. The highest BCUT2D eigenvalue weighted by molar-refractivity contribution is 8.76. The fraction of sp³-hybridized carbons (Fsp3) is 0.625. The number of aliphatic carboxylic acids is 1. The van der Waals surface area contributed by atoms with Gasteiger partial charge in [0, 0.05) is 94.7 Å². The van der Waals surface area contributed by atoms with Crippen LogP contribution in [0.1, 0.15) is 81.8 Å². The minimum absolute atomic E-state index is 0.00935. The third-order valence-electron chi connectivity index (χ3n) is 16.3. The number of rotatable bonds is 47. The molecule has 0 aliphatic carbocycles. The van der Waals surface area contributed by atoms with Crippen LogP contribution in [0.2, 0.25) is 0 Å². The number of oxime groups is 1. The zero-order valence-electron chi connectivity index (χ0n) is 62.6. The Balaban J connectivity index is 1.32. The molecule has 0 unspecified atom stereocenters. The Morgan fingerprint density at radius 1 is 0.577 bits per heavy atom. The van der Waals surface area contributed by atoms with E-state index in [9.17, 15) is 71.8 Å². The number of amides is 8. The van der Waals surface area contributed by atoms with E-state index in [4.69, 9.17) is 54.2 Å². The number of carboxylic acid groups (broad SMARTS) is 1. The minimum Gasteiger partial charge on any atom is -0.481 e. The van der Waals surface area contributed by atoms with Crippen molar-refractivity contribution in [3.63, 3.8) is 0 Å². The molecule has 111 heavy (non-hydrogen) atoms. The summed E-state index contributed by atoms with van der Waals surface area (Å²) in [5.74, 6) is -14.6. The lowest BCUT2D eigenvalue weighted by molar-refractivity contribution is -0.142. The molecule has 2 aromatic carbocycles. The molecule has 35 nitrogen and oxygen atoms in total. The molecule has 2 aliphatic heterocycles. The maximum Gasteiger partial charge on any atom is 0.304 e. The number of hydrogen-bond donors (Lipinski definition) is 11. The quantitative estimate of drug-likeness (QED) is 0.0131. The van der Waals surface area contributed by atoms with Gasteiger partial charge in [0.15, 0.2) is 35.7 Å². The number of Topliss-reactive ketones (excluding diaryl/α,β-unsaturated/α-hetero) is 4. The Morgan fingerprint density at radius 3 is 1.74 bits per heavy atom. The summed E-state index contributed by atoms with van der Waals surface area (Å²) in [6, 6.07) is 8.99. The summed E-state index contributed by atoms with van der Waals surface area (Å²) in [6.07, 6.45) is -0.352. The molecular weight excluding hydrogens is 1520 g/mol. The van der Waals surface area contributed by atoms with Crippen molar-refractivity contribution in [2.24, 2.45) is 39.4 Å². The largest absolute Gasteiger partial charge is 0.481 e. The molecular formula is C72H107FN12O23S3. The number of ether oxygens (including phenoxy) is 8. The number of guanidine groups is 1. The van der Waals surface area contributed by atoms with E-state index >= 15 is 0 Å². The van der Waals surface area contributed by atoms with Crippen LogP contribution < -0.4 is 54.0 Å². The highest BCUT2D eigenvalue weighted by atomic mass is 33.1. The van der Waals surface area contributed by atoms with E-state index in [2.05, 4.69) is 52.7 Å². The molecule has 618 valence electrons. The Morgan fingerprint density at radius 2 is 1.14 bits per heavy atom. The van der Waals surface area contributed by atoms with Crippen LogP contribution in [-0.4, -0.2) is 286 Å². The van der Waals surface area contributed by atoms with Gasteiger partial charge in [-0.15, -0.1) is 11.8 Å². The first-order chi connectivity index (χ1) is 53.6. The van der Waals surface area contributed by atoms with Crippen molar-refractivity contribution in [2.45, 2.75) is 101 Å². The lowest BCUT2D eigenvalue weighted by atomic mass is 9.90. The summed E-state index contributed by atoms with van der Waals surface area (Å²) in [5.41, 5.74) is 12.3. The fourth-order valence-electron chi connectivity index (χ4n) is 10.6. The van der Waals surface area contributed by atoms with Crippen LogP contribution in [0, 0.1) is 23.6 Å². The summed E-state index contributed by atoms with van der Waals surface area (Å²) in [4.78, 5) is 187. The second-order valence-electron chi connectivity index (χ2n) is 25.4. The zero-order chi connectivity index (χ0) is 80.6. The number of thioether (sulfide) groups is 1. The van der Waals surface area contributed by atoms with Crippen LogP contribution >= 0.6 is 33.3 Å². The SMILES string of the molecule is COCCOCCCC(=O)[C@@H]1CSCC(=O)N[C@@H](CCCCNC(=O)COCC(=O)NCCOCCOCCOCCOCCOCCNC(=O)CO/N=C\c2ccc(F)cc2)C(=O)N[C@H]2CSSC[C@H](NC(=O)[C@H](CC(=O)O)CC(=O)CNC(=O)[C@H](CCCN=C(N)N)CC2=O)C(=O)C[C@@H](Cc2ccccc2)C(=O)N1. The normalized spacial score (nSPS) is 19.6. The van der Waals surface area contributed by atoms with Crippen molar-refractivity contribution in [1.29, 1.82) is 0 Å². The van der Waals surface area contributed by atoms with E-state index < -0.39 is 158 Å². The zero-order valence-corrected chi connectivity index (χ0v) is 65.0. The van der Waals surface area contributed by atoms with Crippen LogP contribution in [0.15, 0.2) is 64.7 Å². The molecule has 2 aromatic rings. The monoisotopic (exact) mass is 1620 g/mol. The van der Waals surface area contributed by atoms with E-state index in [1.54, 1.807) is 30.3 Å². The van der Waals surface area contributed by atoms with E-state index in [1.807, 2.05) is 0 Å². The van der Waals surface area contributed by atoms with E-state index in [0.717, 1.165) is 33.3 Å². The van der Waals surface area contributed by atoms with Gasteiger partial charge in [-0.25, -0.2) is 4.39 Å². The van der Waals surface area contributed by atoms with Crippen molar-refractivity contribution in [2.75, 3.05) is 169 Å². The number of nitrogens with two attached hydrogens (primary N) is 2. The lowest BCUT2D eigenvalue weighted by Crippen LogP contribution is -2.53. The third kappa shape index (κ3) is 45.1. The van der Waals surface area contributed by atoms with E-state index in [0.29, 0.717) is 57.4 Å². The first-order valence-electron chi connectivity index (χ1n) is 36.6. The van der Waals surface area contributed by atoms with Crippen LogP contribution in [0.4, 0.5) is 4.39 Å². The predicted octanol–water partition coefficient (Wildman–Crippen LogP) is -0.499. The van der Waals surface area contributed by atoms with Gasteiger partial charge in [0.25, 0.3) is 5.91 Å². The third-order valence-corrected chi connectivity index (χ3v) is 19.8. The molecule has 13 N–H and O–H groups in total.